The topological polar surface area (TPSA) is 121 Å². The summed E-state index contributed by atoms with van der Waals surface area (Å²) < 4.78 is 68.3. The van der Waals surface area contributed by atoms with E-state index in [2.05, 4.69) is 4.90 Å². The summed E-state index contributed by atoms with van der Waals surface area (Å²) in [6.07, 6.45) is 1.38. The number of fused-ring (bicyclic) bond motifs is 1. The average molecular weight is 422 g/mol. The molecule has 0 amide bonds. The van der Waals surface area contributed by atoms with E-state index in [-0.39, 0.29) is 17.4 Å². The zero-order valence-corrected chi connectivity index (χ0v) is 17.4. The Morgan fingerprint density at radius 2 is 1.81 bits per heavy atom. The van der Waals surface area contributed by atoms with Crippen molar-refractivity contribution in [1.82, 2.24) is 0 Å². The summed E-state index contributed by atoms with van der Waals surface area (Å²) in [7, 11) is -6.58. The second-order valence-electron chi connectivity index (χ2n) is 7.53. The number of hydrogen-bond donors (Lipinski definition) is 2. The van der Waals surface area contributed by atoms with Crippen LogP contribution in [-0.2, 0) is 20.2 Å². The molecule has 0 fully saturated rings. The van der Waals surface area contributed by atoms with E-state index in [1.54, 1.807) is 13.2 Å². The molecule has 1 unspecified atom stereocenters. The van der Waals surface area contributed by atoms with Crippen LogP contribution in [0.3, 0.4) is 0 Å². The quantitative estimate of drug-likeness (QED) is 0.484. The van der Waals surface area contributed by atoms with Crippen molar-refractivity contribution in [3.05, 3.63) is 23.8 Å². The minimum absolute atomic E-state index is 0.294. The van der Waals surface area contributed by atoms with Gasteiger partial charge in [0.1, 0.15) is 5.75 Å². The molecule has 0 saturated heterocycles. The van der Waals surface area contributed by atoms with Gasteiger partial charge < -0.3 is 9.64 Å². The van der Waals surface area contributed by atoms with Crippen molar-refractivity contribution in [2.75, 3.05) is 30.1 Å². The number of nitrogens with zero attached hydrogens (tertiary/aromatic N) is 1. The smallest absolute Gasteiger partial charge is 0.265 e. The van der Waals surface area contributed by atoms with Gasteiger partial charge in [-0.3, -0.25) is 9.11 Å². The third-order valence-electron chi connectivity index (χ3n) is 4.89. The van der Waals surface area contributed by atoms with Crippen LogP contribution in [0.25, 0.3) is 0 Å². The number of hydrogen-bond acceptors (Lipinski definition) is 6. The highest BCUT2D eigenvalue weighted by molar-refractivity contribution is 7.86. The van der Waals surface area contributed by atoms with Crippen molar-refractivity contribution in [2.24, 2.45) is 0 Å². The Balaban J connectivity index is 2.33. The van der Waals surface area contributed by atoms with E-state index in [1.165, 1.54) is 0 Å². The minimum atomic E-state index is -4.13. The highest BCUT2D eigenvalue weighted by Crippen LogP contribution is 2.45. The van der Waals surface area contributed by atoms with Gasteiger partial charge in [-0.25, -0.2) is 0 Å². The number of benzene rings is 1. The van der Waals surface area contributed by atoms with E-state index in [0.717, 1.165) is 11.3 Å². The van der Waals surface area contributed by atoms with Crippen LogP contribution in [0.15, 0.2) is 18.2 Å². The maximum atomic E-state index is 11.5. The van der Waals surface area contributed by atoms with Gasteiger partial charge in [0.15, 0.2) is 0 Å². The lowest BCUT2D eigenvalue weighted by atomic mass is 9.79. The Kier molecular flexibility index (Phi) is 6.45. The van der Waals surface area contributed by atoms with Crippen molar-refractivity contribution in [1.29, 1.82) is 0 Å². The summed E-state index contributed by atoms with van der Waals surface area (Å²) in [6.45, 7) is 4.51. The number of methoxy groups -OCH3 is 1. The molecule has 0 saturated carbocycles. The van der Waals surface area contributed by atoms with Crippen LogP contribution in [0.4, 0.5) is 5.69 Å². The third-order valence-corrected chi connectivity index (χ3v) is 6.52. The molecule has 0 aliphatic carbocycles. The van der Waals surface area contributed by atoms with Crippen molar-refractivity contribution < 1.29 is 30.7 Å². The van der Waals surface area contributed by atoms with E-state index >= 15 is 0 Å². The second kappa shape index (κ2) is 7.94. The molecule has 1 aromatic rings. The molecule has 0 spiro atoms. The van der Waals surface area contributed by atoms with Crippen LogP contribution in [0, 0.1) is 0 Å². The molecule has 0 aromatic heterocycles. The Morgan fingerprint density at radius 3 is 2.37 bits per heavy atom. The molecule has 8 nitrogen and oxygen atoms in total. The second-order valence-corrected chi connectivity index (χ2v) is 10.6. The first-order chi connectivity index (χ1) is 12.3. The lowest BCUT2D eigenvalue weighted by Crippen LogP contribution is -2.50. The summed E-state index contributed by atoms with van der Waals surface area (Å²) in [5, 5.41) is 0. The van der Waals surface area contributed by atoms with Gasteiger partial charge in [-0.1, -0.05) is 6.07 Å². The Labute approximate surface area is 161 Å². The molecule has 2 rings (SSSR count). The van der Waals surface area contributed by atoms with Gasteiger partial charge in [-0.05, 0) is 44.7 Å². The predicted octanol–water partition coefficient (Wildman–Crippen LogP) is 2.32. The minimum Gasteiger partial charge on any atom is -0.497 e. The molecule has 154 valence electrons. The van der Waals surface area contributed by atoms with Crippen molar-refractivity contribution in [2.45, 2.75) is 44.6 Å². The third kappa shape index (κ3) is 6.06. The summed E-state index contributed by atoms with van der Waals surface area (Å²) in [5.41, 5.74) is 1.21. The fraction of sp³-hybridized carbons (Fsp3) is 0.647. The summed E-state index contributed by atoms with van der Waals surface area (Å²) in [5.74, 6) is -0.380. The van der Waals surface area contributed by atoms with Crippen LogP contribution < -0.4 is 9.64 Å². The first kappa shape index (κ1) is 21.9. The van der Waals surface area contributed by atoms with E-state index < -0.39 is 25.8 Å². The monoisotopic (exact) mass is 421 g/mol. The molecule has 1 atom stereocenters. The van der Waals surface area contributed by atoms with Crippen molar-refractivity contribution in [3.8, 4) is 5.75 Å². The van der Waals surface area contributed by atoms with Crippen LogP contribution in [0.2, 0.25) is 0 Å². The lowest BCUT2D eigenvalue weighted by molar-refractivity contribution is 0.367. The maximum Gasteiger partial charge on any atom is 0.265 e. The highest BCUT2D eigenvalue weighted by Gasteiger charge is 2.39. The van der Waals surface area contributed by atoms with Gasteiger partial charge in [-0.15, -0.1) is 0 Å². The maximum absolute atomic E-state index is 11.5. The van der Waals surface area contributed by atoms with Crippen molar-refractivity contribution >= 4 is 25.9 Å². The van der Waals surface area contributed by atoms with Gasteiger partial charge in [0.25, 0.3) is 20.2 Å². The van der Waals surface area contributed by atoms with E-state index in [4.69, 9.17) is 9.29 Å². The SMILES string of the molecule is COc1ccc2c(c1)N(CCCCS(=O)(=O)O)C(C)(C)CC2CS(=O)(=O)O. The molecule has 27 heavy (non-hydrogen) atoms. The molecule has 0 bridgehead atoms. The molecule has 1 aromatic carbocycles. The van der Waals surface area contributed by atoms with Crippen LogP contribution in [-0.4, -0.2) is 56.6 Å². The molecule has 2 N–H and O–H groups in total. The number of unbranched alkanes of at least 4 members (excludes halogenated alkanes) is 1. The summed E-state index contributed by atoms with van der Waals surface area (Å²) in [4.78, 5) is 2.11. The van der Waals surface area contributed by atoms with E-state index in [1.807, 2.05) is 26.0 Å². The van der Waals surface area contributed by atoms with E-state index in [0.29, 0.717) is 31.6 Å². The number of ether oxygens (including phenoxy) is 1. The normalized spacial score (nSPS) is 19.6. The number of rotatable bonds is 8. The van der Waals surface area contributed by atoms with Crippen LogP contribution in [0.1, 0.15) is 44.6 Å². The fourth-order valence-corrected chi connectivity index (χ4v) is 5.13. The molecular weight excluding hydrogens is 394 g/mol. The predicted molar refractivity (Wildman–Crippen MR) is 104 cm³/mol. The molecule has 1 aliphatic heterocycles. The Hall–Kier alpha value is -1.36. The largest absolute Gasteiger partial charge is 0.497 e. The molecule has 0 radical (unpaired) electrons. The standard InChI is InChI=1S/C17H27NO7S2/c1-17(2)11-13(12-27(22,23)24)15-7-6-14(25-3)10-16(15)18(17)8-4-5-9-26(19,20)21/h6-7,10,13H,4-5,8-9,11-12H2,1-3H3,(H,19,20,21)(H,22,23,24). The zero-order chi connectivity index (χ0) is 20.5. The average Bonchev–Trinajstić information content (AvgIpc) is 2.50. The molecule has 1 aliphatic rings. The first-order valence-corrected chi connectivity index (χ1v) is 11.9. The fourth-order valence-electron chi connectivity index (χ4n) is 3.76. The summed E-state index contributed by atoms with van der Waals surface area (Å²) in [6, 6.07) is 5.39. The van der Waals surface area contributed by atoms with Gasteiger partial charge >= 0.3 is 0 Å². The highest BCUT2D eigenvalue weighted by atomic mass is 32.2. The van der Waals surface area contributed by atoms with Gasteiger partial charge in [0.2, 0.25) is 0 Å². The number of anilines is 1. The molecular formula is C17H27NO7S2. The van der Waals surface area contributed by atoms with E-state index in [9.17, 15) is 21.4 Å². The van der Waals surface area contributed by atoms with Crippen molar-refractivity contribution in [3.63, 3.8) is 0 Å². The van der Waals surface area contributed by atoms with Crippen LogP contribution >= 0.6 is 0 Å². The van der Waals surface area contributed by atoms with Gasteiger partial charge in [0, 0.05) is 29.8 Å². The summed E-state index contributed by atoms with van der Waals surface area (Å²) >= 11 is 0. The Morgan fingerprint density at radius 1 is 1.15 bits per heavy atom. The first-order valence-electron chi connectivity index (χ1n) is 8.68. The van der Waals surface area contributed by atoms with Crippen LogP contribution in [0.5, 0.6) is 5.75 Å². The zero-order valence-electron chi connectivity index (χ0n) is 15.8. The van der Waals surface area contributed by atoms with Gasteiger partial charge in [-0.2, -0.15) is 16.8 Å². The van der Waals surface area contributed by atoms with Gasteiger partial charge in [0.05, 0.1) is 18.6 Å². The molecule has 10 heteroatoms. The lowest BCUT2D eigenvalue weighted by Gasteiger charge is -2.48. The Bertz CT molecular complexity index is 879. The molecule has 1 heterocycles.